The van der Waals surface area contributed by atoms with Gasteiger partial charge >= 0.3 is 5.97 Å². The van der Waals surface area contributed by atoms with E-state index in [1.807, 2.05) is 31.2 Å². The van der Waals surface area contributed by atoms with Gasteiger partial charge in [-0.05, 0) is 60.7 Å². The van der Waals surface area contributed by atoms with E-state index in [2.05, 4.69) is 30.2 Å². The number of rotatable bonds is 3. The number of nitrogens with one attached hydrogen (secondary N) is 2. The summed E-state index contributed by atoms with van der Waals surface area (Å²) in [5.74, 6) is 0.0349. The molecule has 5 heteroatoms. The molecular formula is C22H24N2O3. The van der Waals surface area contributed by atoms with Crippen molar-refractivity contribution >= 4 is 16.9 Å². The lowest BCUT2D eigenvalue weighted by Gasteiger charge is -2.32. The SMILES string of the molecule is COc1cc(C)c(C2NC(C(=O)O)Cc3c2[nH]c2ccccc32)c(C)c1C. The standard InChI is InChI=1S/C22H24N2O3/c1-11-9-18(27-4)12(2)13(3)19(11)21-20-15(10-17(24-21)22(25)26)14-7-5-6-8-16(14)23-20/h5-9,17,21,23-24H,10H2,1-4H3,(H,25,26). The molecule has 1 aromatic heterocycles. The summed E-state index contributed by atoms with van der Waals surface area (Å²) in [6, 6.07) is 9.30. The Morgan fingerprint density at radius 3 is 2.63 bits per heavy atom. The van der Waals surface area contributed by atoms with E-state index in [-0.39, 0.29) is 6.04 Å². The average molecular weight is 364 g/mol. The molecule has 1 aliphatic rings. The van der Waals surface area contributed by atoms with Crippen molar-refractivity contribution in [3.8, 4) is 5.75 Å². The van der Waals surface area contributed by atoms with Gasteiger partial charge in [0, 0.05) is 23.0 Å². The molecule has 0 saturated heterocycles. The number of carboxylic acid groups (broad SMARTS) is 1. The number of carbonyl (C=O) groups is 1. The predicted octanol–water partition coefficient (Wildman–Crippen LogP) is 3.79. The Morgan fingerprint density at radius 1 is 1.19 bits per heavy atom. The molecule has 2 heterocycles. The van der Waals surface area contributed by atoms with Crippen molar-refractivity contribution in [3.05, 3.63) is 63.8 Å². The topological polar surface area (TPSA) is 74.3 Å². The van der Waals surface area contributed by atoms with Gasteiger partial charge < -0.3 is 14.8 Å². The average Bonchev–Trinajstić information content (AvgIpc) is 3.03. The Balaban J connectivity index is 1.96. The number of methoxy groups -OCH3 is 1. The van der Waals surface area contributed by atoms with Gasteiger partial charge in [0.05, 0.1) is 13.2 Å². The van der Waals surface area contributed by atoms with E-state index in [4.69, 9.17) is 4.74 Å². The minimum absolute atomic E-state index is 0.202. The number of carboxylic acids is 1. The smallest absolute Gasteiger partial charge is 0.321 e. The highest BCUT2D eigenvalue weighted by atomic mass is 16.5. The van der Waals surface area contributed by atoms with Crippen molar-refractivity contribution in [2.24, 2.45) is 0 Å². The van der Waals surface area contributed by atoms with Gasteiger partial charge in [-0.1, -0.05) is 18.2 Å². The van der Waals surface area contributed by atoms with Gasteiger partial charge in [0.15, 0.2) is 0 Å². The number of aromatic nitrogens is 1. The van der Waals surface area contributed by atoms with Crippen molar-refractivity contribution in [2.45, 2.75) is 39.3 Å². The number of aliphatic carboxylic acids is 1. The quantitative estimate of drug-likeness (QED) is 0.661. The van der Waals surface area contributed by atoms with E-state index in [9.17, 15) is 9.90 Å². The molecule has 1 aliphatic heterocycles. The molecule has 4 rings (SSSR count). The molecule has 0 bridgehead atoms. The molecule has 5 nitrogen and oxygen atoms in total. The Morgan fingerprint density at radius 2 is 1.93 bits per heavy atom. The molecule has 0 spiro atoms. The van der Waals surface area contributed by atoms with Crippen molar-refractivity contribution in [1.29, 1.82) is 0 Å². The Hall–Kier alpha value is -2.79. The van der Waals surface area contributed by atoms with E-state index >= 15 is 0 Å². The van der Waals surface area contributed by atoms with Crippen molar-refractivity contribution in [3.63, 3.8) is 0 Å². The van der Waals surface area contributed by atoms with Crippen LogP contribution in [0.4, 0.5) is 0 Å². The number of aryl methyl sites for hydroxylation is 1. The first-order chi connectivity index (χ1) is 12.9. The molecule has 0 saturated carbocycles. The number of fused-ring (bicyclic) bond motifs is 3. The summed E-state index contributed by atoms with van der Waals surface area (Å²) >= 11 is 0. The van der Waals surface area contributed by atoms with Gasteiger partial charge in [-0.25, -0.2) is 0 Å². The second-order valence-corrected chi connectivity index (χ2v) is 7.32. The van der Waals surface area contributed by atoms with E-state index in [0.717, 1.165) is 50.2 Å². The molecule has 140 valence electrons. The molecule has 0 amide bonds. The fourth-order valence-corrected chi connectivity index (χ4v) is 4.34. The Labute approximate surface area is 158 Å². The van der Waals surface area contributed by atoms with E-state index in [1.54, 1.807) is 7.11 Å². The molecular weight excluding hydrogens is 340 g/mol. The number of H-pyrrole nitrogens is 1. The number of para-hydroxylation sites is 1. The minimum Gasteiger partial charge on any atom is -0.496 e. The molecule has 0 radical (unpaired) electrons. The highest BCUT2D eigenvalue weighted by molar-refractivity contribution is 5.87. The fourth-order valence-electron chi connectivity index (χ4n) is 4.34. The lowest BCUT2D eigenvalue weighted by molar-refractivity contribution is -0.139. The highest BCUT2D eigenvalue weighted by Gasteiger charge is 2.35. The van der Waals surface area contributed by atoms with E-state index < -0.39 is 12.0 Å². The van der Waals surface area contributed by atoms with Crippen LogP contribution in [-0.4, -0.2) is 29.2 Å². The van der Waals surface area contributed by atoms with Gasteiger partial charge in [0.2, 0.25) is 0 Å². The maximum atomic E-state index is 11.8. The summed E-state index contributed by atoms with van der Waals surface area (Å²) < 4.78 is 5.50. The molecule has 3 N–H and O–H groups in total. The van der Waals surface area contributed by atoms with Gasteiger partial charge in [0.25, 0.3) is 0 Å². The monoisotopic (exact) mass is 364 g/mol. The van der Waals surface area contributed by atoms with Crippen LogP contribution in [0.15, 0.2) is 30.3 Å². The lowest BCUT2D eigenvalue weighted by atomic mass is 9.85. The molecule has 2 atom stereocenters. The summed E-state index contributed by atoms with van der Waals surface area (Å²) in [5.41, 5.74) is 7.60. The number of ether oxygens (including phenoxy) is 1. The maximum absolute atomic E-state index is 11.8. The zero-order valence-electron chi connectivity index (χ0n) is 16.0. The minimum atomic E-state index is -0.823. The molecule has 2 unspecified atom stereocenters. The normalized spacial score (nSPS) is 19.1. The van der Waals surface area contributed by atoms with Crippen LogP contribution in [0.1, 0.15) is 39.6 Å². The molecule has 2 aromatic carbocycles. The Kier molecular flexibility index (Phi) is 4.19. The van der Waals surface area contributed by atoms with Crippen molar-refractivity contribution < 1.29 is 14.6 Å². The van der Waals surface area contributed by atoms with Crippen LogP contribution < -0.4 is 10.1 Å². The first-order valence-corrected chi connectivity index (χ1v) is 9.15. The zero-order valence-corrected chi connectivity index (χ0v) is 16.0. The number of hydrogen-bond acceptors (Lipinski definition) is 3. The molecule has 3 aromatic rings. The van der Waals surface area contributed by atoms with Crippen LogP contribution in [0.5, 0.6) is 5.75 Å². The van der Waals surface area contributed by atoms with Crippen molar-refractivity contribution in [2.75, 3.05) is 7.11 Å². The van der Waals surface area contributed by atoms with Crippen LogP contribution in [0.2, 0.25) is 0 Å². The largest absolute Gasteiger partial charge is 0.496 e. The molecule has 0 fully saturated rings. The molecule has 0 aliphatic carbocycles. The number of hydrogen-bond donors (Lipinski definition) is 3. The second-order valence-electron chi connectivity index (χ2n) is 7.32. The summed E-state index contributed by atoms with van der Waals surface area (Å²) in [4.78, 5) is 15.4. The first kappa shape index (κ1) is 17.6. The maximum Gasteiger partial charge on any atom is 0.321 e. The third kappa shape index (κ3) is 2.70. The van der Waals surface area contributed by atoms with Gasteiger partial charge in [0.1, 0.15) is 11.8 Å². The molecule has 27 heavy (non-hydrogen) atoms. The zero-order chi connectivity index (χ0) is 19.3. The van der Waals surface area contributed by atoms with Gasteiger partial charge in [-0.3, -0.25) is 10.1 Å². The van der Waals surface area contributed by atoms with Gasteiger partial charge in [-0.15, -0.1) is 0 Å². The Bertz CT molecular complexity index is 1050. The highest BCUT2D eigenvalue weighted by Crippen LogP contribution is 2.39. The van der Waals surface area contributed by atoms with Gasteiger partial charge in [-0.2, -0.15) is 0 Å². The third-order valence-corrected chi connectivity index (χ3v) is 5.83. The van der Waals surface area contributed by atoms with Crippen LogP contribution in [0.3, 0.4) is 0 Å². The number of aromatic amines is 1. The summed E-state index contributed by atoms with van der Waals surface area (Å²) in [7, 11) is 1.68. The first-order valence-electron chi connectivity index (χ1n) is 9.15. The predicted molar refractivity (Wildman–Crippen MR) is 106 cm³/mol. The summed E-state index contributed by atoms with van der Waals surface area (Å²) in [5, 5.41) is 14.2. The van der Waals surface area contributed by atoms with Crippen LogP contribution in [0, 0.1) is 20.8 Å². The summed E-state index contributed by atoms with van der Waals surface area (Å²) in [6.07, 6.45) is 0.471. The van der Waals surface area contributed by atoms with Crippen LogP contribution in [-0.2, 0) is 11.2 Å². The third-order valence-electron chi connectivity index (χ3n) is 5.83. The fraction of sp³-hybridized carbons (Fsp3) is 0.318. The van der Waals surface area contributed by atoms with E-state index in [1.165, 1.54) is 0 Å². The lowest BCUT2D eigenvalue weighted by Crippen LogP contribution is -2.45. The second kappa shape index (κ2) is 6.43. The van der Waals surface area contributed by atoms with Crippen LogP contribution in [0.25, 0.3) is 10.9 Å². The number of benzene rings is 2. The van der Waals surface area contributed by atoms with E-state index in [0.29, 0.717) is 6.42 Å². The van der Waals surface area contributed by atoms with Crippen LogP contribution >= 0.6 is 0 Å². The summed E-state index contributed by atoms with van der Waals surface area (Å²) in [6.45, 7) is 6.17. The van der Waals surface area contributed by atoms with Crippen molar-refractivity contribution in [1.82, 2.24) is 10.3 Å².